The number of urea groups is 1. The SMILES string of the molecule is CCCNC(=O)N[C@@H]1CCC[C@H](C[C@@]2(CCC3CCCCC3)N=C(N)N(C)C2=O)C1. The number of carbonyl (C=O) groups is 2. The molecule has 0 spiro atoms. The second-order valence-corrected chi connectivity index (χ2v) is 9.74. The van der Waals surface area contributed by atoms with Crippen LogP contribution in [0.5, 0.6) is 0 Å². The summed E-state index contributed by atoms with van der Waals surface area (Å²) in [6, 6.07) is 0.0972. The Labute approximate surface area is 181 Å². The number of rotatable bonds is 8. The molecule has 1 heterocycles. The highest BCUT2D eigenvalue weighted by Gasteiger charge is 2.48. The zero-order valence-corrected chi connectivity index (χ0v) is 18.9. The molecule has 0 bridgehead atoms. The molecule has 4 N–H and O–H groups in total. The van der Waals surface area contributed by atoms with Crippen LogP contribution in [0.15, 0.2) is 4.99 Å². The van der Waals surface area contributed by atoms with Crippen LogP contribution in [0.25, 0.3) is 0 Å². The molecular weight excluding hydrogens is 378 g/mol. The Hall–Kier alpha value is -1.79. The van der Waals surface area contributed by atoms with Gasteiger partial charge in [0.2, 0.25) is 0 Å². The van der Waals surface area contributed by atoms with Gasteiger partial charge in [-0.3, -0.25) is 9.69 Å². The predicted molar refractivity (Wildman–Crippen MR) is 120 cm³/mol. The average Bonchev–Trinajstić information content (AvgIpc) is 2.95. The van der Waals surface area contributed by atoms with E-state index in [0.717, 1.165) is 51.4 Å². The van der Waals surface area contributed by atoms with Crippen molar-refractivity contribution >= 4 is 17.9 Å². The molecule has 3 rings (SSSR count). The van der Waals surface area contributed by atoms with E-state index >= 15 is 0 Å². The molecule has 3 amide bonds. The molecule has 3 atom stereocenters. The van der Waals surface area contributed by atoms with Crippen LogP contribution in [0, 0.1) is 11.8 Å². The van der Waals surface area contributed by atoms with Crippen LogP contribution in [0.2, 0.25) is 0 Å². The van der Waals surface area contributed by atoms with E-state index < -0.39 is 5.54 Å². The van der Waals surface area contributed by atoms with E-state index in [-0.39, 0.29) is 18.0 Å². The van der Waals surface area contributed by atoms with Gasteiger partial charge < -0.3 is 16.4 Å². The molecule has 7 nitrogen and oxygen atoms in total. The Morgan fingerprint density at radius 1 is 1.17 bits per heavy atom. The molecule has 3 aliphatic rings. The van der Waals surface area contributed by atoms with Crippen LogP contribution in [0.1, 0.15) is 90.4 Å². The molecule has 0 aromatic carbocycles. The summed E-state index contributed by atoms with van der Waals surface area (Å²) in [6.45, 7) is 2.74. The Bertz CT molecular complexity index is 631. The van der Waals surface area contributed by atoms with Crippen molar-refractivity contribution in [3.63, 3.8) is 0 Å². The lowest BCUT2D eigenvalue weighted by Crippen LogP contribution is -2.47. The molecule has 2 fully saturated rings. The van der Waals surface area contributed by atoms with Crippen LogP contribution < -0.4 is 16.4 Å². The molecule has 2 aliphatic carbocycles. The second kappa shape index (κ2) is 10.5. The lowest BCUT2D eigenvalue weighted by Gasteiger charge is -2.35. The molecule has 0 aromatic rings. The third-order valence-electron chi connectivity index (χ3n) is 7.35. The number of aliphatic imine (C=N–C) groups is 1. The lowest BCUT2D eigenvalue weighted by molar-refractivity contribution is -0.131. The van der Waals surface area contributed by atoms with Crippen molar-refractivity contribution < 1.29 is 9.59 Å². The van der Waals surface area contributed by atoms with Gasteiger partial charge in [0.15, 0.2) is 5.96 Å². The standard InChI is InChI=1S/C23H41N5O2/c1-3-14-25-22(30)26-19-11-7-10-18(15-19)16-23(20(29)28(2)21(24)27-23)13-12-17-8-5-4-6-9-17/h17-19H,3-16H2,1-2H3,(H2,24,27)(H2,25,26,30)/t18-,19+,23+/m0/s1. The van der Waals surface area contributed by atoms with Crippen molar-refractivity contribution in [2.75, 3.05) is 13.6 Å². The van der Waals surface area contributed by atoms with E-state index in [1.807, 2.05) is 6.92 Å². The monoisotopic (exact) mass is 419 g/mol. The largest absolute Gasteiger partial charge is 0.369 e. The first-order valence-electron chi connectivity index (χ1n) is 12.1. The minimum atomic E-state index is -0.701. The zero-order valence-electron chi connectivity index (χ0n) is 18.9. The molecule has 7 heteroatoms. The molecule has 30 heavy (non-hydrogen) atoms. The third-order valence-corrected chi connectivity index (χ3v) is 7.35. The molecule has 1 aliphatic heterocycles. The number of hydrogen-bond acceptors (Lipinski definition) is 4. The number of nitrogens with zero attached hydrogens (tertiary/aromatic N) is 2. The number of guanidine groups is 1. The second-order valence-electron chi connectivity index (χ2n) is 9.74. The van der Waals surface area contributed by atoms with E-state index in [1.54, 1.807) is 7.05 Å². The van der Waals surface area contributed by atoms with Crippen LogP contribution >= 0.6 is 0 Å². The first kappa shape index (κ1) is 22.9. The quantitative estimate of drug-likeness (QED) is 0.561. The fourth-order valence-electron chi connectivity index (χ4n) is 5.63. The highest BCUT2D eigenvalue weighted by atomic mass is 16.2. The normalized spacial score (nSPS) is 30.3. The molecule has 2 saturated carbocycles. The first-order chi connectivity index (χ1) is 14.4. The van der Waals surface area contributed by atoms with Gasteiger partial charge in [-0.25, -0.2) is 9.79 Å². The Morgan fingerprint density at radius 2 is 1.90 bits per heavy atom. The van der Waals surface area contributed by atoms with Crippen molar-refractivity contribution in [1.29, 1.82) is 0 Å². The summed E-state index contributed by atoms with van der Waals surface area (Å²) in [5, 5.41) is 6.03. The molecule has 0 unspecified atom stereocenters. The number of nitrogens with one attached hydrogen (secondary N) is 2. The van der Waals surface area contributed by atoms with Crippen LogP contribution in [0.4, 0.5) is 4.79 Å². The number of carbonyl (C=O) groups excluding carboxylic acids is 2. The predicted octanol–water partition coefficient (Wildman–Crippen LogP) is 3.53. The van der Waals surface area contributed by atoms with E-state index in [9.17, 15) is 9.59 Å². The third kappa shape index (κ3) is 5.67. The highest BCUT2D eigenvalue weighted by molar-refractivity contribution is 6.06. The molecule has 0 saturated heterocycles. The minimum absolute atomic E-state index is 0.0616. The van der Waals surface area contributed by atoms with Crippen molar-refractivity contribution in [2.45, 2.75) is 102 Å². The van der Waals surface area contributed by atoms with Crippen LogP contribution in [-0.4, -0.2) is 48.0 Å². The van der Waals surface area contributed by atoms with Gasteiger partial charge in [-0.2, -0.15) is 0 Å². The molecule has 0 radical (unpaired) electrons. The van der Waals surface area contributed by atoms with Gasteiger partial charge in [0, 0.05) is 19.6 Å². The van der Waals surface area contributed by atoms with E-state index in [2.05, 4.69) is 10.6 Å². The number of likely N-dealkylation sites (N-methyl/N-ethyl adjacent to an activating group) is 1. The Balaban J connectivity index is 1.62. The van der Waals surface area contributed by atoms with E-state index in [4.69, 9.17) is 10.7 Å². The average molecular weight is 420 g/mol. The zero-order chi connectivity index (χ0) is 21.6. The number of nitrogens with two attached hydrogens (primary N) is 1. The number of amides is 3. The van der Waals surface area contributed by atoms with E-state index in [0.29, 0.717) is 24.3 Å². The summed E-state index contributed by atoms with van der Waals surface area (Å²) in [5.74, 6) is 1.52. The van der Waals surface area contributed by atoms with Crippen molar-refractivity contribution in [2.24, 2.45) is 22.6 Å². The van der Waals surface area contributed by atoms with Gasteiger partial charge in [0.25, 0.3) is 5.91 Å². The van der Waals surface area contributed by atoms with Gasteiger partial charge in [-0.1, -0.05) is 51.9 Å². The maximum atomic E-state index is 13.2. The minimum Gasteiger partial charge on any atom is -0.369 e. The summed E-state index contributed by atoms with van der Waals surface area (Å²) >= 11 is 0. The topological polar surface area (TPSA) is 99.8 Å². The van der Waals surface area contributed by atoms with E-state index in [1.165, 1.54) is 37.0 Å². The van der Waals surface area contributed by atoms with Gasteiger partial charge in [0.1, 0.15) is 5.54 Å². The molecular formula is C23H41N5O2. The fourth-order valence-corrected chi connectivity index (χ4v) is 5.63. The summed E-state index contributed by atoms with van der Waals surface area (Å²) in [5.41, 5.74) is 5.39. The molecule has 170 valence electrons. The van der Waals surface area contributed by atoms with Gasteiger partial charge in [0.05, 0.1) is 0 Å². The maximum absolute atomic E-state index is 13.2. The maximum Gasteiger partial charge on any atom is 0.315 e. The van der Waals surface area contributed by atoms with Crippen LogP contribution in [-0.2, 0) is 4.79 Å². The van der Waals surface area contributed by atoms with Gasteiger partial charge >= 0.3 is 6.03 Å². The summed E-state index contributed by atoms with van der Waals surface area (Å²) in [7, 11) is 1.74. The highest BCUT2D eigenvalue weighted by Crippen LogP contribution is 2.40. The lowest BCUT2D eigenvalue weighted by atomic mass is 9.74. The van der Waals surface area contributed by atoms with Crippen molar-refractivity contribution in [1.82, 2.24) is 15.5 Å². The summed E-state index contributed by atoms with van der Waals surface area (Å²) in [4.78, 5) is 31.6. The summed E-state index contributed by atoms with van der Waals surface area (Å²) in [6.07, 6.45) is 14.1. The van der Waals surface area contributed by atoms with Gasteiger partial charge in [-0.05, 0) is 50.4 Å². The van der Waals surface area contributed by atoms with Crippen molar-refractivity contribution in [3.05, 3.63) is 0 Å². The Morgan fingerprint density at radius 3 is 2.57 bits per heavy atom. The fraction of sp³-hybridized carbons (Fsp3) is 0.870. The number of hydrogen-bond donors (Lipinski definition) is 3. The first-order valence-corrected chi connectivity index (χ1v) is 12.1. The Kier molecular flexibility index (Phi) is 8.00. The van der Waals surface area contributed by atoms with Crippen molar-refractivity contribution in [3.8, 4) is 0 Å². The summed E-state index contributed by atoms with van der Waals surface area (Å²) < 4.78 is 0. The van der Waals surface area contributed by atoms with Crippen LogP contribution in [0.3, 0.4) is 0 Å². The van der Waals surface area contributed by atoms with Gasteiger partial charge in [-0.15, -0.1) is 0 Å². The molecule has 0 aromatic heterocycles. The smallest absolute Gasteiger partial charge is 0.315 e.